The molecule has 5 heteroatoms. The third-order valence-corrected chi connectivity index (χ3v) is 2.20. The van der Waals surface area contributed by atoms with E-state index >= 15 is 0 Å². The monoisotopic (exact) mass is 243 g/mol. The average Bonchev–Trinajstić information content (AvgIpc) is 2.26. The van der Waals surface area contributed by atoms with Gasteiger partial charge in [-0.2, -0.15) is 0 Å². The first kappa shape index (κ1) is 12.8. The normalized spacial score (nSPS) is 12.0. The number of rotatable bonds is 4. The molecule has 1 atom stereocenters. The highest BCUT2D eigenvalue weighted by atomic mass is 35.5. The Morgan fingerprint density at radius 3 is 2.81 bits per heavy atom. The van der Waals surface area contributed by atoms with Crippen LogP contribution in [-0.2, 0) is 0 Å². The van der Waals surface area contributed by atoms with Crippen molar-refractivity contribution in [2.75, 3.05) is 13.7 Å². The number of carbonyl (C=O) groups is 1. The molecule has 0 saturated heterocycles. The Kier molecular flexibility index (Phi) is 4.58. The van der Waals surface area contributed by atoms with Crippen LogP contribution >= 0.6 is 11.6 Å². The number of hydrogen-bond acceptors (Lipinski definition) is 3. The van der Waals surface area contributed by atoms with Crippen molar-refractivity contribution < 1.29 is 14.6 Å². The second-order valence-electron chi connectivity index (χ2n) is 3.38. The standard InChI is InChI=1S/C11H14ClNO3/c1-7(14)6-16-10-4-3-8(5-9(10)12)11(15)13-2/h3-5,7,14H,6H2,1-2H3,(H,13,15)/t7-/m1/s1. The van der Waals surface area contributed by atoms with Crippen molar-refractivity contribution in [3.05, 3.63) is 28.8 Å². The van der Waals surface area contributed by atoms with E-state index in [0.29, 0.717) is 16.3 Å². The molecule has 0 aromatic heterocycles. The lowest BCUT2D eigenvalue weighted by Gasteiger charge is -2.10. The molecule has 0 aliphatic rings. The molecular weight excluding hydrogens is 230 g/mol. The van der Waals surface area contributed by atoms with E-state index in [1.54, 1.807) is 26.1 Å². The first-order valence-corrected chi connectivity index (χ1v) is 5.25. The minimum Gasteiger partial charge on any atom is -0.489 e. The lowest BCUT2D eigenvalue weighted by molar-refractivity contribution is 0.0962. The van der Waals surface area contributed by atoms with E-state index in [9.17, 15) is 4.79 Å². The molecule has 0 aliphatic heterocycles. The molecule has 1 aromatic carbocycles. The third-order valence-electron chi connectivity index (χ3n) is 1.90. The van der Waals surface area contributed by atoms with Gasteiger partial charge >= 0.3 is 0 Å². The maximum absolute atomic E-state index is 11.3. The lowest BCUT2D eigenvalue weighted by Crippen LogP contribution is -2.18. The van der Waals surface area contributed by atoms with E-state index in [2.05, 4.69) is 5.32 Å². The summed E-state index contributed by atoms with van der Waals surface area (Å²) < 4.78 is 5.25. The summed E-state index contributed by atoms with van der Waals surface area (Å²) in [5, 5.41) is 11.9. The Labute approximate surface area is 99.2 Å². The van der Waals surface area contributed by atoms with Gasteiger partial charge in [0.15, 0.2) is 0 Å². The first-order valence-electron chi connectivity index (χ1n) is 4.87. The van der Waals surface area contributed by atoms with Crippen molar-refractivity contribution in [2.45, 2.75) is 13.0 Å². The van der Waals surface area contributed by atoms with Gasteiger partial charge in [0.2, 0.25) is 0 Å². The number of carbonyl (C=O) groups excluding carboxylic acids is 1. The molecule has 0 fully saturated rings. The van der Waals surface area contributed by atoms with Crippen LogP contribution in [0, 0.1) is 0 Å². The number of benzene rings is 1. The van der Waals surface area contributed by atoms with Crippen LogP contribution in [0.1, 0.15) is 17.3 Å². The predicted molar refractivity (Wildman–Crippen MR) is 62.0 cm³/mol. The summed E-state index contributed by atoms with van der Waals surface area (Å²) in [6.45, 7) is 1.78. The van der Waals surface area contributed by atoms with Crippen LogP contribution in [0.15, 0.2) is 18.2 Å². The van der Waals surface area contributed by atoms with Gasteiger partial charge in [-0.25, -0.2) is 0 Å². The van der Waals surface area contributed by atoms with Crippen molar-refractivity contribution in [3.63, 3.8) is 0 Å². The van der Waals surface area contributed by atoms with Crippen LogP contribution in [0.3, 0.4) is 0 Å². The Morgan fingerprint density at radius 2 is 2.31 bits per heavy atom. The van der Waals surface area contributed by atoms with Crippen LogP contribution in [0.25, 0.3) is 0 Å². The number of nitrogens with one attached hydrogen (secondary N) is 1. The fourth-order valence-electron chi connectivity index (χ4n) is 1.11. The Hall–Kier alpha value is -1.26. The Bertz CT molecular complexity index is 379. The minimum absolute atomic E-state index is 0.166. The number of ether oxygens (including phenoxy) is 1. The van der Waals surface area contributed by atoms with Gasteiger partial charge in [-0.1, -0.05) is 11.6 Å². The third kappa shape index (κ3) is 3.40. The summed E-state index contributed by atoms with van der Waals surface area (Å²) in [7, 11) is 1.55. The molecule has 0 saturated carbocycles. The topological polar surface area (TPSA) is 58.6 Å². The molecule has 0 heterocycles. The second-order valence-corrected chi connectivity index (χ2v) is 3.79. The second kappa shape index (κ2) is 5.72. The molecule has 0 unspecified atom stereocenters. The van der Waals surface area contributed by atoms with Gasteiger partial charge in [0, 0.05) is 12.6 Å². The SMILES string of the molecule is CNC(=O)c1ccc(OC[C@@H](C)O)c(Cl)c1. The molecule has 0 aliphatic carbocycles. The molecule has 2 N–H and O–H groups in total. The van der Waals surface area contributed by atoms with Gasteiger partial charge in [-0.15, -0.1) is 0 Å². The van der Waals surface area contributed by atoms with E-state index in [1.807, 2.05) is 0 Å². The fraction of sp³-hybridized carbons (Fsp3) is 0.364. The molecule has 0 spiro atoms. The van der Waals surface area contributed by atoms with Crippen LogP contribution in [0.2, 0.25) is 5.02 Å². The molecule has 1 amide bonds. The van der Waals surface area contributed by atoms with E-state index in [0.717, 1.165) is 0 Å². The van der Waals surface area contributed by atoms with E-state index in [4.69, 9.17) is 21.4 Å². The lowest BCUT2D eigenvalue weighted by atomic mass is 10.2. The van der Waals surface area contributed by atoms with Gasteiger partial charge in [0.1, 0.15) is 12.4 Å². The summed E-state index contributed by atoms with van der Waals surface area (Å²) in [5.41, 5.74) is 0.469. The van der Waals surface area contributed by atoms with E-state index in [1.165, 1.54) is 6.07 Å². The zero-order valence-corrected chi connectivity index (χ0v) is 9.91. The Balaban J connectivity index is 2.79. The zero-order valence-electron chi connectivity index (χ0n) is 9.16. The first-order chi connectivity index (χ1) is 7.54. The average molecular weight is 244 g/mol. The van der Waals surface area contributed by atoms with Gasteiger partial charge in [-0.05, 0) is 25.1 Å². The molecule has 1 rings (SSSR count). The molecule has 4 nitrogen and oxygen atoms in total. The molecular formula is C11H14ClNO3. The molecule has 88 valence electrons. The molecule has 1 aromatic rings. The van der Waals surface area contributed by atoms with Crippen molar-refractivity contribution in [2.24, 2.45) is 0 Å². The largest absolute Gasteiger partial charge is 0.489 e. The highest BCUT2D eigenvalue weighted by molar-refractivity contribution is 6.32. The van der Waals surface area contributed by atoms with Gasteiger partial charge in [0.05, 0.1) is 11.1 Å². The number of aliphatic hydroxyl groups excluding tert-OH is 1. The van der Waals surface area contributed by atoms with Crippen molar-refractivity contribution >= 4 is 17.5 Å². The maximum Gasteiger partial charge on any atom is 0.251 e. The number of hydrogen-bond donors (Lipinski definition) is 2. The minimum atomic E-state index is -0.560. The van der Waals surface area contributed by atoms with Gasteiger partial charge in [-0.3, -0.25) is 4.79 Å². The Morgan fingerprint density at radius 1 is 1.62 bits per heavy atom. The fourth-order valence-corrected chi connectivity index (χ4v) is 1.35. The summed E-state index contributed by atoms with van der Waals surface area (Å²) in [6, 6.07) is 4.75. The van der Waals surface area contributed by atoms with Crippen LogP contribution < -0.4 is 10.1 Å². The smallest absolute Gasteiger partial charge is 0.251 e. The zero-order chi connectivity index (χ0) is 12.1. The van der Waals surface area contributed by atoms with E-state index in [-0.39, 0.29) is 12.5 Å². The van der Waals surface area contributed by atoms with Gasteiger partial charge in [0.25, 0.3) is 5.91 Å². The maximum atomic E-state index is 11.3. The predicted octanol–water partition coefficient (Wildman–Crippen LogP) is 1.46. The van der Waals surface area contributed by atoms with Crippen LogP contribution in [-0.4, -0.2) is 30.8 Å². The van der Waals surface area contributed by atoms with Crippen molar-refractivity contribution in [1.82, 2.24) is 5.32 Å². The molecule has 0 radical (unpaired) electrons. The summed E-state index contributed by atoms with van der Waals surface area (Å²) >= 11 is 5.93. The van der Waals surface area contributed by atoms with Crippen molar-refractivity contribution in [3.8, 4) is 5.75 Å². The highest BCUT2D eigenvalue weighted by Gasteiger charge is 2.08. The van der Waals surface area contributed by atoms with Crippen LogP contribution in [0.4, 0.5) is 0 Å². The van der Waals surface area contributed by atoms with Gasteiger partial charge < -0.3 is 15.2 Å². The van der Waals surface area contributed by atoms with Crippen LogP contribution in [0.5, 0.6) is 5.75 Å². The molecule has 16 heavy (non-hydrogen) atoms. The molecule has 0 bridgehead atoms. The van der Waals surface area contributed by atoms with E-state index < -0.39 is 6.10 Å². The number of halogens is 1. The quantitative estimate of drug-likeness (QED) is 0.842. The summed E-state index contributed by atoms with van der Waals surface area (Å²) in [5.74, 6) is 0.249. The summed E-state index contributed by atoms with van der Waals surface area (Å²) in [4.78, 5) is 11.3. The van der Waals surface area contributed by atoms with Crippen molar-refractivity contribution in [1.29, 1.82) is 0 Å². The summed E-state index contributed by atoms with van der Waals surface area (Å²) in [6.07, 6.45) is -0.560. The number of amides is 1. The number of aliphatic hydroxyl groups is 1. The highest BCUT2D eigenvalue weighted by Crippen LogP contribution is 2.25.